The van der Waals surface area contributed by atoms with E-state index in [0.29, 0.717) is 6.04 Å². The second-order valence-corrected chi connectivity index (χ2v) is 6.44. The minimum absolute atomic E-state index is 0.158. The van der Waals surface area contributed by atoms with E-state index in [1.54, 1.807) is 12.1 Å². The minimum atomic E-state index is -0.158. The van der Waals surface area contributed by atoms with Crippen molar-refractivity contribution in [1.29, 1.82) is 0 Å². The van der Waals surface area contributed by atoms with Crippen LogP contribution in [0, 0.1) is 11.7 Å². The summed E-state index contributed by atoms with van der Waals surface area (Å²) < 4.78 is 13.0. The molecule has 2 unspecified atom stereocenters. The van der Waals surface area contributed by atoms with Crippen molar-refractivity contribution < 1.29 is 4.39 Å². The maximum Gasteiger partial charge on any atom is 0.123 e. The quantitative estimate of drug-likeness (QED) is 0.922. The molecule has 1 N–H and O–H groups in total. The zero-order valence-electron chi connectivity index (χ0n) is 12.9. The van der Waals surface area contributed by atoms with Crippen molar-refractivity contribution in [2.45, 2.75) is 25.8 Å². The fourth-order valence-corrected chi connectivity index (χ4v) is 3.48. The summed E-state index contributed by atoms with van der Waals surface area (Å²) in [4.78, 5) is 4.92. The molecule has 2 aliphatic heterocycles. The lowest BCUT2D eigenvalue weighted by Crippen LogP contribution is -2.53. The Morgan fingerprint density at radius 3 is 2.52 bits per heavy atom. The van der Waals surface area contributed by atoms with Gasteiger partial charge in [-0.1, -0.05) is 6.92 Å². The third-order valence-corrected chi connectivity index (χ3v) is 4.95. The molecule has 0 bridgehead atoms. The highest BCUT2D eigenvalue weighted by molar-refractivity contribution is 5.46. The predicted molar refractivity (Wildman–Crippen MR) is 85.2 cm³/mol. The SMILES string of the molecule is CC1CCCNC1CN1CCN(c2ccc(F)cc2)CC1. The number of rotatable bonds is 3. The Kier molecular flexibility index (Phi) is 4.76. The second-order valence-electron chi connectivity index (χ2n) is 6.44. The third kappa shape index (κ3) is 3.74. The van der Waals surface area contributed by atoms with Crippen LogP contribution in [-0.4, -0.2) is 50.2 Å². The maximum atomic E-state index is 13.0. The highest BCUT2D eigenvalue weighted by Crippen LogP contribution is 2.19. The van der Waals surface area contributed by atoms with Gasteiger partial charge in [0.25, 0.3) is 0 Å². The molecule has 116 valence electrons. The number of nitrogens with zero attached hydrogens (tertiary/aromatic N) is 2. The van der Waals surface area contributed by atoms with E-state index < -0.39 is 0 Å². The van der Waals surface area contributed by atoms with Gasteiger partial charge in [-0.2, -0.15) is 0 Å². The van der Waals surface area contributed by atoms with Gasteiger partial charge in [-0.05, 0) is 49.6 Å². The van der Waals surface area contributed by atoms with Crippen LogP contribution in [0.2, 0.25) is 0 Å². The number of hydrogen-bond acceptors (Lipinski definition) is 3. The van der Waals surface area contributed by atoms with E-state index >= 15 is 0 Å². The molecule has 1 aromatic carbocycles. The molecule has 0 spiro atoms. The monoisotopic (exact) mass is 291 g/mol. The van der Waals surface area contributed by atoms with Gasteiger partial charge >= 0.3 is 0 Å². The fraction of sp³-hybridized carbons (Fsp3) is 0.647. The number of halogens is 1. The van der Waals surface area contributed by atoms with Crippen molar-refractivity contribution >= 4 is 5.69 Å². The van der Waals surface area contributed by atoms with Gasteiger partial charge in [0, 0.05) is 44.5 Å². The molecule has 0 saturated carbocycles. The summed E-state index contributed by atoms with van der Waals surface area (Å²) in [5.74, 6) is 0.628. The molecule has 0 radical (unpaired) electrons. The van der Waals surface area contributed by atoms with Gasteiger partial charge < -0.3 is 10.2 Å². The van der Waals surface area contributed by atoms with E-state index in [1.165, 1.54) is 25.9 Å². The van der Waals surface area contributed by atoms with Gasteiger partial charge in [0.05, 0.1) is 0 Å². The molecular weight excluding hydrogens is 265 g/mol. The largest absolute Gasteiger partial charge is 0.369 e. The lowest BCUT2D eigenvalue weighted by molar-refractivity contribution is 0.183. The standard InChI is InChI=1S/C17H26FN3/c1-14-3-2-8-19-17(14)13-20-9-11-21(12-10-20)16-6-4-15(18)5-7-16/h4-7,14,17,19H,2-3,8-13H2,1H3. The van der Waals surface area contributed by atoms with E-state index in [0.717, 1.165) is 37.8 Å². The molecule has 1 aromatic rings. The van der Waals surface area contributed by atoms with Gasteiger partial charge in [-0.3, -0.25) is 4.90 Å². The van der Waals surface area contributed by atoms with E-state index in [-0.39, 0.29) is 5.82 Å². The first-order valence-corrected chi connectivity index (χ1v) is 8.18. The third-order valence-electron chi connectivity index (χ3n) is 4.95. The summed E-state index contributed by atoms with van der Waals surface area (Å²) >= 11 is 0. The molecule has 2 heterocycles. The summed E-state index contributed by atoms with van der Waals surface area (Å²) in [6.45, 7) is 8.97. The molecule has 3 nitrogen and oxygen atoms in total. The molecule has 2 saturated heterocycles. The topological polar surface area (TPSA) is 18.5 Å². The zero-order valence-corrected chi connectivity index (χ0v) is 12.9. The summed E-state index contributed by atoms with van der Waals surface area (Å²) in [7, 11) is 0. The average molecular weight is 291 g/mol. The highest BCUT2D eigenvalue weighted by Gasteiger charge is 2.25. The van der Waals surface area contributed by atoms with Crippen LogP contribution >= 0.6 is 0 Å². The predicted octanol–water partition coefficient (Wildman–Crippen LogP) is 2.34. The summed E-state index contributed by atoms with van der Waals surface area (Å²) in [6, 6.07) is 7.52. The van der Waals surface area contributed by atoms with E-state index in [9.17, 15) is 4.39 Å². The van der Waals surface area contributed by atoms with Crippen LogP contribution in [0.4, 0.5) is 10.1 Å². The minimum Gasteiger partial charge on any atom is -0.369 e. The van der Waals surface area contributed by atoms with Gasteiger partial charge in [-0.25, -0.2) is 4.39 Å². The lowest BCUT2D eigenvalue weighted by Gasteiger charge is -2.40. The molecule has 0 aliphatic carbocycles. The second kappa shape index (κ2) is 6.75. The fourth-order valence-electron chi connectivity index (χ4n) is 3.48. The molecule has 0 aromatic heterocycles. The Balaban J connectivity index is 1.49. The maximum absolute atomic E-state index is 13.0. The van der Waals surface area contributed by atoms with Gasteiger partial charge in [0.1, 0.15) is 5.82 Å². The summed E-state index contributed by atoms with van der Waals surface area (Å²) in [6.07, 6.45) is 2.67. The van der Waals surface area contributed by atoms with Crippen molar-refractivity contribution in [2.75, 3.05) is 44.2 Å². The Hall–Kier alpha value is -1.13. The Bertz CT molecular complexity index is 440. The summed E-state index contributed by atoms with van der Waals surface area (Å²) in [5.41, 5.74) is 1.14. The Morgan fingerprint density at radius 1 is 1.14 bits per heavy atom. The van der Waals surface area contributed by atoms with Gasteiger partial charge in [-0.15, -0.1) is 0 Å². The van der Waals surface area contributed by atoms with E-state index in [1.807, 2.05) is 12.1 Å². The first-order valence-electron chi connectivity index (χ1n) is 8.18. The summed E-state index contributed by atoms with van der Waals surface area (Å²) in [5, 5.41) is 3.67. The number of anilines is 1. The number of hydrogen-bond donors (Lipinski definition) is 1. The van der Waals surface area contributed by atoms with E-state index in [2.05, 4.69) is 22.0 Å². The lowest BCUT2D eigenvalue weighted by atomic mass is 9.92. The Labute approximate surface area is 127 Å². The zero-order chi connectivity index (χ0) is 14.7. The van der Waals surface area contributed by atoms with Crippen molar-refractivity contribution in [2.24, 2.45) is 5.92 Å². The molecule has 21 heavy (non-hydrogen) atoms. The number of benzene rings is 1. The normalized spacial score (nSPS) is 27.8. The van der Waals surface area contributed by atoms with Gasteiger partial charge in [0.2, 0.25) is 0 Å². The molecule has 2 aliphatic rings. The van der Waals surface area contributed by atoms with Crippen LogP contribution in [0.1, 0.15) is 19.8 Å². The molecule has 2 atom stereocenters. The average Bonchev–Trinajstić information content (AvgIpc) is 2.51. The van der Waals surface area contributed by atoms with Crippen LogP contribution in [0.3, 0.4) is 0 Å². The molecule has 3 rings (SSSR count). The molecular formula is C17H26FN3. The Morgan fingerprint density at radius 2 is 1.86 bits per heavy atom. The van der Waals surface area contributed by atoms with Crippen molar-refractivity contribution in [3.63, 3.8) is 0 Å². The van der Waals surface area contributed by atoms with Crippen molar-refractivity contribution in [3.8, 4) is 0 Å². The van der Waals surface area contributed by atoms with Crippen LogP contribution in [0.25, 0.3) is 0 Å². The van der Waals surface area contributed by atoms with Gasteiger partial charge in [0.15, 0.2) is 0 Å². The highest BCUT2D eigenvalue weighted by atomic mass is 19.1. The molecule has 2 fully saturated rings. The molecule has 4 heteroatoms. The first kappa shape index (κ1) is 14.8. The van der Waals surface area contributed by atoms with Crippen LogP contribution in [-0.2, 0) is 0 Å². The van der Waals surface area contributed by atoms with E-state index in [4.69, 9.17) is 0 Å². The smallest absolute Gasteiger partial charge is 0.123 e. The van der Waals surface area contributed by atoms with Crippen molar-refractivity contribution in [1.82, 2.24) is 10.2 Å². The first-order chi connectivity index (χ1) is 10.2. The number of nitrogens with one attached hydrogen (secondary N) is 1. The number of piperazine rings is 1. The van der Waals surface area contributed by atoms with Crippen LogP contribution in [0.15, 0.2) is 24.3 Å². The molecule has 0 amide bonds. The van der Waals surface area contributed by atoms with Crippen LogP contribution < -0.4 is 10.2 Å². The van der Waals surface area contributed by atoms with Crippen molar-refractivity contribution in [3.05, 3.63) is 30.1 Å². The number of piperidine rings is 1. The van der Waals surface area contributed by atoms with Crippen LogP contribution in [0.5, 0.6) is 0 Å².